The Bertz CT molecular complexity index is 160. The molecule has 0 radical (unpaired) electrons. The SMILES string of the molecule is CC(N=C(N)N)C1CCOCC1. The first kappa shape index (κ1) is 9.32. The molecular formula is C8H17N3O. The van der Waals surface area contributed by atoms with Crippen molar-refractivity contribution in [3.8, 4) is 0 Å². The van der Waals surface area contributed by atoms with Crippen molar-refractivity contribution in [2.75, 3.05) is 13.2 Å². The van der Waals surface area contributed by atoms with Crippen molar-refractivity contribution in [3.63, 3.8) is 0 Å². The van der Waals surface area contributed by atoms with E-state index in [1.807, 2.05) is 0 Å². The summed E-state index contributed by atoms with van der Waals surface area (Å²) >= 11 is 0. The van der Waals surface area contributed by atoms with Crippen molar-refractivity contribution >= 4 is 5.96 Å². The molecule has 0 amide bonds. The summed E-state index contributed by atoms with van der Waals surface area (Å²) in [4.78, 5) is 4.12. The van der Waals surface area contributed by atoms with Crippen LogP contribution in [-0.2, 0) is 4.74 Å². The highest BCUT2D eigenvalue weighted by Crippen LogP contribution is 2.20. The Hall–Kier alpha value is -0.770. The fourth-order valence-electron chi connectivity index (χ4n) is 1.54. The minimum atomic E-state index is 0.189. The van der Waals surface area contributed by atoms with Gasteiger partial charge in [-0.3, -0.25) is 4.99 Å². The first-order chi connectivity index (χ1) is 5.70. The van der Waals surface area contributed by atoms with Gasteiger partial charge in [-0.25, -0.2) is 0 Å². The van der Waals surface area contributed by atoms with Gasteiger partial charge in [-0.1, -0.05) is 0 Å². The zero-order valence-corrected chi connectivity index (χ0v) is 7.49. The number of guanidine groups is 1. The van der Waals surface area contributed by atoms with Crippen LogP contribution in [0.1, 0.15) is 19.8 Å². The Morgan fingerprint density at radius 2 is 2.00 bits per heavy atom. The molecule has 0 aromatic rings. The number of ether oxygens (including phenoxy) is 1. The molecule has 4 heteroatoms. The molecule has 1 saturated heterocycles. The predicted octanol–water partition coefficient (Wildman–Crippen LogP) is 0.0749. The summed E-state index contributed by atoms with van der Waals surface area (Å²) < 4.78 is 5.24. The molecule has 0 aromatic carbocycles. The van der Waals surface area contributed by atoms with Crippen molar-refractivity contribution in [1.82, 2.24) is 0 Å². The van der Waals surface area contributed by atoms with Crippen molar-refractivity contribution in [1.29, 1.82) is 0 Å². The Kier molecular flexibility index (Phi) is 3.34. The van der Waals surface area contributed by atoms with Gasteiger partial charge in [0.05, 0.1) is 6.04 Å². The second kappa shape index (κ2) is 4.30. The zero-order chi connectivity index (χ0) is 8.97. The molecule has 1 aliphatic heterocycles. The van der Waals surface area contributed by atoms with Gasteiger partial charge in [-0.15, -0.1) is 0 Å². The number of nitrogens with zero attached hydrogens (tertiary/aromatic N) is 1. The van der Waals surface area contributed by atoms with Gasteiger partial charge in [0, 0.05) is 13.2 Å². The number of nitrogens with two attached hydrogens (primary N) is 2. The van der Waals surface area contributed by atoms with Gasteiger partial charge in [-0.05, 0) is 25.7 Å². The fraction of sp³-hybridized carbons (Fsp3) is 0.875. The van der Waals surface area contributed by atoms with E-state index in [-0.39, 0.29) is 12.0 Å². The summed E-state index contributed by atoms with van der Waals surface area (Å²) in [7, 11) is 0. The number of hydrogen-bond acceptors (Lipinski definition) is 2. The molecule has 0 bridgehead atoms. The van der Waals surface area contributed by atoms with E-state index in [9.17, 15) is 0 Å². The van der Waals surface area contributed by atoms with E-state index < -0.39 is 0 Å². The number of aliphatic imine (C=N–C) groups is 1. The molecule has 1 heterocycles. The third-order valence-electron chi connectivity index (χ3n) is 2.30. The minimum Gasteiger partial charge on any atom is -0.381 e. The second-order valence-corrected chi connectivity index (χ2v) is 3.24. The lowest BCUT2D eigenvalue weighted by Crippen LogP contribution is -2.29. The normalized spacial score (nSPS) is 21.8. The van der Waals surface area contributed by atoms with Crippen LogP contribution in [0.2, 0.25) is 0 Å². The Morgan fingerprint density at radius 3 is 2.50 bits per heavy atom. The number of hydrogen-bond donors (Lipinski definition) is 2. The molecular weight excluding hydrogens is 154 g/mol. The molecule has 12 heavy (non-hydrogen) atoms. The molecule has 1 aliphatic rings. The highest BCUT2D eigenvalue weighted by molar-refractivity contribution is 5.75. The third-order valence-corrected chi connectivity index (χ3v) is 2.30. The number of rotatable bonds is 2. The van der Waals surface area contributed by atoms with E-state index >= 15 is 0 Å². The van der Waals surface area contributed by atoms with Gasteiger partial charge >= 0.3 is 0 Å². The lowest BCUT2D eigenvalue weighted by molar-refractivity contribution is 0.0605. The lowest BCUT2D eigenvalue weighted by Gasteiger charge is -2.25. The van der Waals surface area contributed by atoms with E-state index in [2.05, 4.69) is 11.9 Å². The van der Waals surface area contributed by atoms with Crippen LogP contribution in [-0.4, -0.2) is 25.2 Å². The zero-order valence-electron chi connectivity index (χ0n) is 7.49. The van der Waals surface area contributed by atoms with Crippen LogP contribution in [0.5, 0.6) is 0 Å². The van der Waals surface area contributed by atoms with Crippen LogP contribution < -0.4 is 11.5 Å². The van der Waals surface area contributed by atoms with E-state index in [0.717, 1.165) is 26.1 Å². The second-order valence-electron chi connectivity index (χ2n) is 3.24. The molecule has 70 valence electrons. The quantitative estimate of drug-likeness (QED) is 0.456. The Balaban J connectivity index is 2.39. The van der Waals surface area contributed by atoms with Crippen LogP contribution >= 0.6 is 0 Å². The Morgan fingerprint density at radius 1 is 1.42 bits per heavy atom. The van der Waals surface area contributed by atoms with Gasteiger partial charge in [0.1, 0.15) is 0 Å². The largest absolute Gasteiger partial charge is 0.381 e. The average Bonchev–Trinajstić information content (AvgIpc) is 2.05. The molecule has 1 rings (SSSR count). The van der Waals surface area contributed by atoms with Gasteiger partial charge in [0.25, 0.3) is 0 Å². The molecule has 1 atom stereocenters. The summed E-state index contributed by atoms with van der Waals surface area (Å²) in [5.41, 5.74) is 10.6. The highest BCUT2D eigenvalue weighted by Gasteiger charge is 2.19. The molecule has 4 N–H and O–H groups in total. The average molecular weight is 171 g/mol. The first-order valence-electron chi connectivity index (χ1n) is 4.36. The topological polar surface area (TPSA) is 73.6 Å². The molecule has 0 saturated carbocycles. The van der Waals surface area contributed by atoms with E-state index in [1.54, 1.807) is 0 Å². The Labute approximate surface area is 73.0 Å². The molecule has 4 nitrogen and oxygen atoms in total. The van der Waals surface area contributed by atoms with Crippen molar-refractivity contribution in [3.05, 3.63) is 0 Å². The van der Waals surface area contributed by atoms with Crippen molar-refractivity contribution in [2.24, 2.45) is 22.4 Å². The third kappa shape index (κ3) is 2.70. The molecule has 0 spiro atoms. The maximum atomic E-state index is 5.30. The minimum absolute atomic E-state index is 0.189. The molecule has 1 fully saturated rings. The maximum absolute atomic E-state index is 5.30. The van der Waals surface area contributed by atoms with Gasteiger partial charge < -0.3 is 16.2 Å². The summed E-state index contributed by atoms with van der Waals surface area (Å²) in [6.07, 6.45) is 2.13. The standard InChI is InChI=1S/C8H17N3O/c1-6(11-8(9)10)7-2-4-12-5-3-7/h6-7H,2-5H2,1H3,(H4,9,10,11). The maximum Gasteiger partial charge on any atom is 0.186 e. The summed E-state index contributed by atoms with van der Waals surface area (Å²) in [6, 6.07) is 0.235. The van der Waals surface area contributed by atoms with Gasteiger partial charge in [0.2, 0.25) is 0 Å². The van der Waals surface area contributed by atoms with Crippen LogP contribution in [0.4, 0.5) is 0 Å². The smallest absolute Gasteiger partial charge is 0.186 e. The van der Waals surface area contributed by atoms with Crippen LogP contribution in [0.15, 0.2) is 4.99 Å². The summed E-state index contributed by atoms with van der Waals surface area (Å²) in [5.74, 6) is 0.773. The van der Waals surface area contributed by atoms with Crippen LogP contribution in [0.25, 0.3) is 0 Å². The van der Waals surface area contributed by atoms with Crippen molar-refractivity contribution < 1.29 is 4.74 Å². The monoisotopic (exact) mass is 171 g/mol. The van der Waals surface area contributed by atoms with Gasteiger partial charge in [-0.2, -0.15) is 0 Å². The van der Waals surface area contributed by atoms with E-state index in [1.165, 1.54) is 0 Å². The first-order valence-corrected chi connectivity index (χ1v) is 4.36. The lowest BCUT2D eigenvalue weighted by atomic mass is 9.93. The van der Waals surface area contributed by atoms with Crippen LogP contribution in [0.3, 0.4) is 0 Å². The summed E-state index contributed by atoms with van der Waals surface area (Å²) in [5, 5.41) is 0. The van der Waals surface area contributed by atoms with Crippen molar-refractivity contribution in [2.45, 2.75) is 25.8 Å². The molecule has 1 unspecified atom stereocenters. The molecule has 0 aromatic heterocycles. The highest BCUT2D eigenvalue weighted by atomic mass is 16.5. The summed E-state index contributed by atoms with van der Waals surface area (Å²) in [6.45, 7) is 3.74. The van der Waals surface area contributed by atoms with Gasteiger partial charge in [0.15, 0.2) is 5.96 Å². The molecule has 0 aliphatic carbocycles. The van der Waals surface area contributed by atoms with Crippen LogP contribution in [0, 0.1) is 5.92 Å². The van der Waals surface area contributed by atoms with E-state index in [0.29, 0.717) is 5.92 Å². The predicted molar refractivity (Wildman–Crippen MR) is 48.8 cm³/mol. The van der Waals surface area contributed by atoms with E-state index in [4.69, 9.17) is 16.2 Å². The fourth-order valence-corrected chi connectivity index (χ4v) is 1.54.